The average molecular weight is 408 g/mol. The van der Waals surface area contributed by atoms with E-state index in [1.165, 1.54) is 5.56 Å². The summed E-state index contributed by atoms with van der Waals surface area (Å²) in [7, 11) is 0. The van der Waals surface area contributed by atoms with Crippen LogP contribution in [0.3, 0.4) is 0 Å². The van der Waals surface area contributed by atoms with Crippen molar-refractivity contribution in [1.29, 1.82) is 0 Å². The van der Waals surface area contributed by atoms with E-state index in [4.69, 9.17) is 17.4 Å². The number of carbonyl (C=O) groups excluding carboxylic acids is 1. The molecule has 0 saturated carbocycles. The van der Waals surface area contributed by atoms with Crippen LogP contribution in [-0.2, 0) is 10.2 Å². The highest BCUT2D eigenvalue weighted by Gasteiger charge is 2.41. The van der Waals surface area contributed by atoms with Gasteiger partial charge in [0.1, 0.15) is 0 Å². The molecule has 3 nitrogen and oxygen atoms in total. The van der Waals surface area contributed by atoms with E-state index < -0.39 is 0 Å². The van der Waals surface area contributed by atoms with Crippen molar-refractivity contribution < 1.29 is 9.53 Å². The van der Waals surface area contributed by atoms with Crippen LogP contribution >= 0.6 is 12.6 Å². The lowest BCUT2D eigenvalue weighted by molar-refractivity contribution is 0.0526. The minimum absolute atomic E-state index is 0.0203. The molecule has 2 aromatic rings. The van der Waals surface area contributed by atoms with E-state index >= 15 is 0 Å². The Balaban J connectivity index is 1.85. The maximum Gasteiger partial charge on any atom is 0.338 e. The lowest BCUT2D eigenvalue weighted by atomic mass is 9.72. The number of esters is 1. The van der Waals surface area contributed by atoms with Gasteiger partial charge in [0.05, 0.1) is 12.2 Å². The number of ether oxygens (including phenoxy) is 1. The molecule has 4 heteroatoms. The van der Waals surface area contributed by atoms with E-state index in [9.17, 15) is 4.79 Å². The van der Waals surface area contributed by atoms with Crippen LogP contribution in [0.1, 0.15) is 61.7 Å². The number of thiol groups is 1. The van der Waals surface area contributed by atoms with Gasteiger partial charge in [0.2, 0.25) is 0 Å². The molecule has 1 aliphatic heterocycles. The van der Waals surface area contributed by atoms with Gasteiger partial charge in [-0.2, -0.15) is 12.6 Å². The molecule has 0 spiro atoms. The topological polar surface area (TPSA) is 38.3 Å². The largest absolute Gasteiger partial charge is 0.462 e. The third-order valence-electron chi connectivity index (χ3n) is 5.58. The number of fused-ring (bicyclic) bond motifs is 1. The van der Waals surface area contributed by atoms with Crippen LogP contribution in [0.5, 0.6) is 0 Å². The first-order chi connectivity index (χ1) is 13.7. The minimum Gasteiger partial charge on any atom is -0.462 e. The second kappa shape index (κ2) is 8.55. The smallest absolute Gasteiger partial charge is 0.338 e. The summed E-state index contributed by atoms with van der Waals surface area (Å²) >= 11 is 4.93. The monoisotopic (exact) mass is 407 g/mol. The van der Waals surface area contributed by atoms with Crippen molar-refractivity contribution in [3.05, 3.63) is 64.7 Å². The van der Waals surface area contributed by atoms with Crippen molar-refractivity contribution in [3.63, 3.8) is 0 Å². The SMILES string of the molecule is CCOC(=O)c1ccc(C#Cc2ccc3c(c2)NC(C(C)C)C(S)C3(C)C)cc1. The highest BCUT2D eigenvalue weighted by Crippen LogP contribution is 2.43. The van der Waals surface area contributed by atoms with Crippen molar-refractivity contribution in [3.8, 4) is 11.8 Å². The molecule has 0 bridgehead atoms. The fraction of sp³-hybridized carbons (Fsp3) is 0.400. The molecule has 0 amide bonds. The number of rotatable bonds is 3. The van der Waals surface area contributed by atoms with Gasteiger partial charge < -0.3 is 10.1 Å². The summed E-state index contributed by atoms with van der Waals surface area (Å²) in [5, 5.41) is 3.92. The molecule has 0 aliphatic carbocycles. The van der Waals surface area contributed by atoms with Crippen LogP contribution < -0.4 is 5.32 Å². The van der Waals surface area contributed by atoms with Gasteiger partial charge in [-0.25, -0.2) is 4.79 Å². The third-order valence-corrected chi connectivity index (χ3v) is 6.55. The Bertz CT molecular complexity index is 951. The van der Waals surface area contributed by atoms with Crippen molar-refractivity contribution in [2.45, 2.75) is 51.3 Å². The molecular formula is C25H29NO2S. The highest BCUT2D eigenvalue weighted by molar-refractivity contribution is 7.81. The molecule has 0 aromatic heterocycles. The van der Waals surface area contributed by atoms with Crippen LogP contribution in [0.15, 0.2) is 42.5 Å². The molecule has 152 valence electrons. The van der Waals surface area contributed by atoms with Crippen LogP contribution in [0.25, 0.3) is 0 Å². The van der Waals surface area contributed by atoms with Crippen molar-refractivity contribution in [2.75, 3.05) is 11.9 Å². The normalized spacial score (nSPS) is 19.6. The van der Waals surface area contributed by atoms with E-state index in [0.29, 0.717) is 24.1 Å². The zero-order valence-corrected chi connectivity index (χ0v) is 18.6. The Morgan fingerprint density at radius 1 is 1.14 bits per heavy atom. The first kappa shape index (κ1) is 21.3. The van der Waals surface area contributed by atoms with E-state index in [-0.39, 0.29) is 16.6 Å². The average Bonchev–Trinajstić information content (AvgIpc) is 2.69. The van der Waals surface area contributed by atoms with Crippen molar-refractivity contribution >= 4 is 24.3 Å². The van der Waals surface area contributed by atoms with Gasteiger partial charge in [-0.05, 0) is 54.8 Å². The third kappa shape index (κ3) is 4.46. The molecule has 0 saturated heterocycles. The predicted molar refractivity (Wildman–Crippen MR) is 123 cm³/mol. The predicted octanol–water partition coefficient (Wildman–Crippen LogP) is 5.29. The van der Waals surface area contributed by atoms with Gasteiger partial charge in [-0.3, -0.25) is 0 Å². The lowest BCUT2D eigenvalue weighted by Crippen LogP contribution is -2.49. The number of benzene rings is 2. The molecule has 0 radical (unpaired) electrons. The van der Waals surface area contributed by atoms with Crippen molar-refractivity contribution in [1.82, 2.24) is 0 Å². The summed E-state index contributed by atoms with van der Waals surface area (Å²) in [5.74, 6) is 6.60. The van der Waals surface area contributed by atoms with Crippen LogP contribution in [0, 0.1) is 17.8 Å². The molecular weight excluding hydrogens is 378 g/mol. The van der Waals surface area contributed by atoms with Gasteiger partial charge in [-0.15, -0.1) is 0 Å². The van der Waals surface area contributed by atoms with Crippen molar-refractivity contribution in [2.24, 2.45) is 5.92 Å². The Morgan fingerprint density at radius 3 is 2.38 bits per heavy atom. The molecule has 3 rings (SSSR count). The van der Waals surface area contributed by atoms with Gasteiger partial charge in [0.15, 0.2) is 0 Å². The van der Waals surface area contributed by atoms with E-state index in [1.807, 2.05) is 12.1 Å². The second-order valence-electron chi connectivity index (χ2n) is 8.39. The quantitative estimate of drug-likeness (QED) is 0.412. The molecule has 1 heterocycles. The summed E-state index contributed by atoms with van der Waals surface area (Å²) in [6, 6.07) is 13.9. The number of nitrogens with one attached hydrogen (secondary N) is 1. The van der Waals surface area contributed by atoms with Gasteiger partial charge in [0, 0.05) is 33.5 Å². The Kier molecular flexibility index (Phi) is 6.29. The standard InChI is InChI=1S/C25H29NO2S/c1-6-28-24(27)19-12-9-17(10-13-19)7-8-18-11-14-20-21(15-18)26-22(16(2)3)23(29)25(20,4)5/h9-16,22-23,26,29H,6H2,1-5H3. The van der Waals surface area contributed by atoms with Gasteiger partial charge >= 0.3 is 5.97 Å². The summed E-state index contributed by atoms with van der Waals surface area (Å²) in [4.78, 5) is 11.8. The summed E-state index contributed by atoms with van der Waals surface area (Å²) in [5.41, 5.74) is 4.76. The number of anilines is 1. The number of carbonyl (C=O) groups is 1. The van der Waals surface area contributed by atoms with E-state index in [1.54, 1.807) is 19.1 Å². The molecule has 0 fully saturated rings. The van der Waals surface area contributed by atoms with Gasteiger partial charge in [-0.1, -0.05) is 45.6 Å². The van der Waals surface area contributed by atoms with E-state index in [0.717, 1.165) is 16.8 Å². The molecule has 29 heavy (non-hydrogen) atoms. The Morgan fingerprint density at radius 2 is 1.76 bits per heavy atom. The fourth-order valence-electron chi connectivity index (χ4n) is 3.75. The Labute approximate surface area is 179 Å². The molecule has 2 unspecified atom stereocenters. The Hall–Kier alpha value is -2.38. The summed E-state index contributed by atoms with van der Waals surface area (Å²) < 4.78 is 5.01. The van der Waals surface area contributed by atoms with E-state index in [2.05, 4.69) is 63.1 Å². The maximum absolute atomic E-state index is 11.8. The highest BCUT2D eigenvalue weighted by atomic mass is 32.1. The zero-order valence-electron chi connectivity index (χ0n) is 17.7. The first-order valence-electron chi connectivity index (χ1n) is 10.1. The fourth-order valence-corrected chi connectivity index (χ4v) is 4.31. The summed E-state index contributed by atoms with van der Waals surface area (Å²) in [6.45, 7) is 11.1. The van der Waals surface area contributed by atoms with Gasteiger partial charge in [0.25, 0.3) is 0 Å². The second-order valence-corrected chi connectivity index (χ2v) is 8.95. The number of hydrogen-bond donors (Lipinski definition) is 2. The minimum atomic E-state index is -0.308. The zero-order chi connectivity index (χ0) is 21.2. The maximum atomic E-state index is 11.8. The lowest BCUT2D eigenvalue weighted by Gasteiger charge is -2.45. The van der Waals surface area contributed by atoms with Crippen LogP contribution in [-0.4, -0.2) is 23.9 Å². The van der Waals surface area contributed by atoms with Crippen LogP contribution in [0.4, 0.5) is 5.69 Å². The molecule has 1 aliphatic rings. The molecule has 2 atom stereocenters. The molecule has 2 aromatic carbocycles. The first-order valence-corrected chi connectivity index (χ1v) is 10.6. The molecule has 1 N–H and O–H groups in total. The summed E-state index contributed by atoms with van der Waals surface area (Å²) in [6.07, 6.45) is 0. The van der Waals surface area contributed by atoms with Crippen LogP contribution in [0.2, 0.25) is 0 Å². The number of hydrogen-bond acceptors (Lipinski definition) is 4.